The Balaban J connectivity index is 1.84. The van der Waals surface area contributed by atoms with E-state index in [0.717, 1.165) is 45.2 Å². The minimum atomic E-state index is -0.685. The molecule has 0 aromatic carbocycles. The maximum atomic E-state index is 12.4. The molecule has 1 aliphatic carbocycles. The molecule has 5 heteroatoms. The van der Waals surface area contributed by atoms with Crippen molar-refractivity contribution in [1.82, 2.24) is 10.2 Å². The van der Waals surface area contributed by atoms with E-state index >= 15 is 0 Å². The lowest BCUT2D eigenvalue weighted by molar-refractivity contribution is -0.131. The van der Waals surface area contributed by atoms with Crippen LogP contribution in [0.3, 0.4) is 0 Å². The third-order valence-corrected chi connectivity index (χ3v) is 4.76. The molecule has 2 rings (SSSR count). The predicted molar refractivity (Wildman–Crippen MR) is 78.0 cm³/mol. The van der Waals surface area contributed by atoms with Gasteiger partial charge in [0.1, 0.15) is 0 Å². The molecule has 0 bridgehead atoms. The lowest BCUT2D eigenvalue weighted by Gasteiger charge is -2.38. The van der Waals surface area contributed by atoms with Crippen LogP contribution in [0, 0.1) is 5.92 Å². The van der Waals surface area contributed by atoms with Crippen LogP contribution in [0.1, 0.15) is 52.4 Å². The minimum absolute atomic E-state index is 0.00493. The lowest BCUT2D eigenvalue weighted by atomic mass is 9.76. The van der Waals surface area contributed by atoms with Crippen LogP contribution in [-0.4, -0.2) is 41.4 Å². The van der Waals surface area contributed by atoms with Gasteiger partial charge in [-0.2, -0.15) is 0 Å². The standard InChI is InChI=1S/C15H27N3O2/c1-11-4-3-7-15(16,10-11)14(20)17-13-5-8-18(9-6-13)12(2)19/h11,13H,3-10,16H2,1-2H3,(H,17,20). The summed E-state index contributed by atoms with van der Waals surface area (Å²) in [5, 5.41) is 3.11. The van der Waals surface area contributed by atoms with Crippen molar-refractivity contribution in [2.75, 3.05) is 13.1 Å². The lowest BCUT2D eigenvalue weighted by Crippen LogP contribution is -2.59. The molecule has 2 atom stereocenters. The Labute approximate surface area is 121 Å². The van der Waals surface area contributed by atoms with E-state index in [1.165, 1.54) is 6.42 Å². The van der Waals surface area contributed by atoms with Gasteiger partial charge < -0.3 is 16.0 Å². The number of amides is 2. The third-order valence-electron chi connectivity index (χ3n) is 4.76. The average molecular weight is 281 g/mol. The zero-order chi connectivity index (χ0) is 14.8. The fraction of sp³-hybridized carbons (Fsp3) is 0.867. The fourth-order valence-corrected chi connectivity index (χ4v) is 3.47. The first-order chi connectivity index (χ1) is 9.40. The first kappa shape index (κ1) is 15.3. The molecular weight excluding hydrogens is 254 g/mol. The number of nitrogens with two attached hydrogens (primary N) is 1. The molecule has 5 nitrogen and oxygen atoms in total. The molecule has 0 aromatic heterocycles. The number of nitrogens with zero attached hydrogens (tertiary/aromatic N) is 1. The SMILES string of the molecule is CC(=O)N1CCC(NC(=O)C2(N)CCCC(C)C2)CC1. The highest BCUT2D eigenvalue weighted by Gasteiger charge is 2.39. The summed E-state index contributed by atoms with van der Waals surface area (Å²) in [5.41, 5.74) is 5.62. The van der Waals surface area contributed by atoms with Crippen molar-refractivity contribution in [2.45, 2.75) is 64.0 Å². The smallest absolute Gasteiger partial charge is 0.240 e. The highest BCUT2D eigenvalue weighted by molar-refractivity contribution is 5.86. The van der Waals surface area contributed by atoms with Gasteiger partial charge in [0, 0.05) is 26.1 Å². The van der Waals surface area contributed by atoms with Gasteiger partial charge in [-0.05, 0) is 31.6 Å². The number of hydrogen-bond donors (Lipinski definition) is 2. The van der Waals surface area contributed by atoms with Crippen molar-refractivity contribution in [3.63, 3.8) is 0 Å². The summed E-state index contributed by atoms with van der Waals surface area (Å²) in [7, 11) is 0. The Hall–Kier alpha value is -1.10. The molecular formula is C15H27N3O2. The summed E-state index contributed by atoms with van der Waals surface area (Å²) in [6.07, 6.45) is 5.44. The van der Waals surface area contributed by atoms with Gasteiger partial charge in [-0.1, -0.05) is 19.8 Å². The van der Waals surface area contributed by atoms with E-state index in [4.69, 9.17) is 5.73 Å². The Kier molecular flexibility index (Phi) is 4.68. The molecule has 1 aliphatic heterocycles. The van der Waals surface area contributed by atoms with Gasteiger partial charge >= 0.3 is 0 Å². The van der Waals surface area contributed by atoms with E-state index < -0.39 is 5.54 Å². The van der Waals surface area contributed by atoms with Crippen molar-refractivity contribution < 1.29 is 9.59 Å². The summed E-state index contributed by atoms with van der Waals surface area (Å²) >= 11 is 0. The highest BCUT2D eigenvalue weighted by atomic mass is 16.2. The van der Waals surface area contributed by atoms with Crippen LogP contribution in [0.5, 0.6) is 0 Å². The van der Waals surface area contributed by atoms with E-state index in [1.54, 1.807) is 6.92 Å². The van der Waals surface area contributed by atoms with Crippen molar-refractivity contribution in [2.24, 2.45) is 11.7 Å². The second kappa shape index (κ2) is 6.12. The number of likely N-dealkylation sites (tertiary alicyclic amines) is 1. The summed E-state index contributed by atoms with van der Waals surface area (Å²) in [6.45, 7) is 5.22. The van der Waals surface area contributed by atoms with Gasteiger partial charge in [0.2, 0.25) is 11.8 Å². The van der Waals surface area contributed by atoms with Crippen LogP contribution in [0.2, 0.25) is 0 Å². The molecule has 2 aliphatic rings. The Morgan fingerprint density at radius 1 is 1.25 bits per heavy atom. The van der Waals surface area contributed by atoms with Crippen molar-refractivity contribution in [3.8, 4) is 0 Å². The average Bonchev–Trinajstić information content (AvgIpc) is 2.39. The van der Waals surface area contributed by atoms with E-state index in [1.807, 2.05) is 4.90 Å². The molecule has 2 unspecified atom stereocenters. The summed E-state index contributed by atoms with van der Waals surface area (Å²) in [6, 6.07) is 0.163. The highest BCUT2D eigenvalue weighted by Crippen LogP contribution is 2.30. The zero-order valence-corrected chi connectivity index (χ0v) is 12.7. The monoisotopic (exact) mass is 281 g/mol. The van der Waals surface area contributed by atoms with Crippen LogP contribution in [0.15, 0.2) is 0 Å². The largest absolute Gasteiger partial charge is 0.352 e. The van der Waals surface area contributed by atoms with Crippen LogP contribution in [-0.2, 0) is 9.59 Å². The molecule has 1 saturated carbocycles. The van der Waals surface area contributed by atoms with Crippen molar-refractivity contribution >= 4 is 11.8 Å². The number of nitrogens with one attached hydrogen (secondary N) is 1. The second-order valence-electron chi connectivity index (χ2n) is 6.61. The maximum Gasteiger partial charge on any atom is 0.240 e. The van der Waals surface area contributed by atoms with Crippen LogP contribution < -0.4 is 11.1 Å². The summed E-state index contributed by atoms with van der Waals surface area (Å²) in [5.74, 6) is 0.649. The molecule has 0 radical (unpaired) electrons. The molecule has 3 N–H and O–H groups in total. The quantitative estimate of drug-likeness (QED) is 0.793. The summed E-state index contributed by atoms with van der Waals surface area (Å²) in [4.78, 5) is 25.5. The van der Waals surface area contributed by atoms with Gasteiger partial charge in [0.25, 0.3) is 0 Å². The number of hydrogen-bond acceptors (Lipinski definition) is 3. The Morgan fingerprint density at radius 2 is 1.90 bits per heavy atom. The molecule has 1 heterocycles. The van der Waals surface area contributed by atoms with Gasteiger partial charge in [0.15, 0.2) is 0 Å². The molecule has 20 heavy (non-hydrogen) atoms. The number of piperidine rings is 1. The Morgan fingerprint density at radius 3 is 2.45 bits per heavy atom. The minimum Gasteiger partial charge on any atom is -0.352 e. The van der Waals surface area contributed by atoms with Crippen LogP contribution in [0.25, 0.3) is 0 Å². The van der Waals surface area contributed by atoms with E-state index in [2.05, 4.69) is 12.2 Å². The molecule has 2 amide bonds. The molecule has 1 saturated heterocycles. The van der Waals surface area contributed by atoms with Crippen molar-refractivity contribution in [3.05, 3.63) is 0 Å². The topological polar surface area (TPSA) is 75.4 Å². The first-order valence-electron chi connectivity index (χ1n) is 7.76. The fourth-order valence-electron chi connectivity index (χ4n) is 3.47. The number of carbonyl (C=O) groups excluding carboxylic acids is 2. The van der Waals surface area contributed by atoms with Crippen LogP contribution >= 0.6 is 0 Å². The summed E-state index contributed by atoms with van der Waals surface area (Å²) < 4.78 is 0. The van der Waals surface area contributed by atoms with E-state index in [0.29, 0.717) is 5.92 Å². The van der Waals surface area contributed by atoms with E-state index in [-0.39, 0.29) is 17.9 Å². The van der Waals surface area contributed by atoms with Gasteiger partial charge in [-0.15, -0.1) is 0 Å². The molecule has 0 aromatic rings. The number of rotatable bonds is 2. The van der Waals surface area contributed by atoms with Crippen LogP contribution in [0.4, 0.5) is 0 Å². The van der Waals surface area contributed by atoms with E-state index in [9.17, 15) is 9.59 Å². The predicted octanol–water partition coefficient (Wildman–Crippen LogP) is 1.02. The molecule has 114 valence electrons. The van der Waals surface area contributed by atoms with Crippen molar-refractivity contribution in [1.29, 1.82) is 0 Å². The second-order valence-corrected chi connectivity index (χ2v) is 6.61. The zero-order valence-electron chi connectivity index (χ0n) is 12.7. The molecule has 0 spiro atoms. The normalized spacial score (nSPS) is 31.9. The third kappa shape index (κ3) is 3.51. The van der Waals surface area contributed by atoms with Gasteiger partial charge in [-0.3, -0.25) is 9.59 Å². The number of carbonyl (C=O) groups is 2. The first-order valence-corrected chi connectivity index (χ1v) is 7.76. The van der Waals surface area contributed by atoms with Gasteiger partial charge in [-0.25, -0.2) is 0 Å². The van der Waals surface area contributed by atoms with Gasteiger partial charge in [0.05, 0.1) is 5.54 Å². The molecule has 2 fully saturated rings. The maximum absolute atomic E-state index is 12.4. The Bertz CT molecular complexity index is 377.